The maximum absolute atomic E-state index is 14.3. The molecule has 77 heavy (non-hydrogen) atoms. The number of aromatic nitrogens is 2. The molecule has 0 spiro atoms. The molecule has 4 amide bonds. The van der Waals surface area contributed by atoms with Crippen molar-refractivity contribution in [1.82, 2.24) is 25.5 Å². The first kappa shape index (κ1) is 61.2. The molecular weight excluding hydrogens is 1060 g/mol. The lowest BCUT2D eigenvalue weighted by Gasteiger charge is -2.42. The van der Waals surface area contributed by atoms with E-state index in [2.05, 4.69) is 10.6 Å². The minimum atomic E-state index is -1.86. The summed E-state index contributed by atoms with van der Waals surface area (Å²) in [4.78, 5) is 79.7. The van der Waals surface area contributed by atoms with Gasteiger partial charge in [-0.05, 0) is 75.6 Å². The molecule has 2 aromatic carbocycles. The van der Waals surface area contributed by atoms with Crippen molar-refractivity contribution < 1.29 is 67.0 Å². The zero-order valence-electron chi connectivity index (χ0n) is 45.5. The van der Waals surface area contributed by atoms with Crippen LogP contribution in [0.4, 0.5) is 10.5 Å². The number of allylic oxidation sites excluding steroid dienone is 3. The molecule has 0 saturated carbocycles. The number of ether oxygens (including phenoxy) is 8. The molecule has 1 unspecified atom stereocenters. The van der Waals surface area contributed by atoms with Crippen LogP contribution in [-0.4, -0.2) is 179 Å². The molecule has 3 aromatic rings. The second-order valence-corrected chi connectivity index (χ2v) is 21.5. The second-order valence-electron chi connectivity index (χ2n) is 19.4. The molecule has 3 N–H and O–H groups in total. The lowest BCUT2D eigenvalue weighted by Crippen LogP contribution is -2.63. The van der Waals surface area contributed by atoms with E-state index in [0.29, 0.717) is 48.7 Å². The van der Waals surface area contributed by atoms with Crippen molar-refractivity contribution in [3.8, 4) is 5.75 Å². The summed E-state index contributed by atoms with van der Waals surface area (Å²) in [7, 11) is 5.94. The third-order valence-electron chi connectivity index (χ3n) is 13.9. The third kappa shape index (κ3) is 15.8. The summed E-state index contributed by atoms with van der Waals surface area (Å²) in [5.74, 6) is -0.582. The van der Waals surface area contributed by atoms with Gasteiger partial charge in [-0.3, -0.25) is 19.7 Å². The second kappa shape index (κ2) is 28.2. The molecule has 2 fully saturated rings. The van der Waals surface area contributed by atoms with Crippen LogP contribution in [-0.2, 0) is 65.5 Å². The molecule has 1 aromatic heterocycles. The van der Waals surface area contributed by atoms with Gasteiger partial charge in [0.2, 0.25) is 11.8 Å². The number of nitrogens with zero attached hydrogens (tertiary/aromatic N) is 4. The fourth-order valence-corrected chi connectivity index (χ4v) is 10.5. The Morgan fingerprint density at radius 3 is 2.32 bits per heavy atom. The number of hydrogen-bond acceptors (Lipinski definition) is 18. The largest absolute Gasteiger partial charge is 0.495 e. The number of rotatable bonds is 22. The summed E-state index contributed by atoms with van der Waals surface area (Å²) in [5.41, 5.74) is 2.73. The van der Waals surface area contributed by atoms with Gasteiger partial charge in [-0.1, -0.05) is 42.3 Å². The van der Waals surface area contributed by atoms with E-state index in [4.69, 9.17) is 59.5 Å². The van der Waals surface area contributed by atoms with Gasteiger partial charge in [-0.25, -0.2) is 19.6 Å². The molecule has 20 nitrogen and oxygen atoms in total. The fraction of sp³-hybridized carbons (Fsp3) is 0.574. The Bertz CT molecular complexity index is 2650. The van der Waals surface area contributed by atoms with Crippen LogP contribution in [0.3, 0.4) is 0 Å². The van der Waals surface area contributed by atoms with Crippen molar-refractivity contribution in [3.05, 3.63) is 81.7 Å². The summed E-state index contributed by atoms with van der Waals surface area (Å²) in [5, 5.41) is 17.4. The lowest BCUT2D eigenvalue weighted by molar-refractivity contribution is -0.162. The molecule has 4 heterocycles. The standard InChI is InChI=1S/C54H73ClN6O14S2/c1-32-12-11-13-44(69-8)54(67)29-43(73-52(66)59-54)33(2)49-53(4,75-49)45(28-47(63)61(6)41-25-35(24-32)26-42(68-7)48(41)55)74-51(65)34(3)60(5)46(62)16-18-70-20-22-72-23-21-71-19-17-56-50(64)36-14-15-37-38(27-36)58-40(31-77-10)39(57-37)30-76-9/h11-15,25-27,33-34,43-45,49,67H,16-24,28-31H2,1-10H3,(H,56,64)(H,59,66)/b13-11+,32-12+/t33-,34-,43+,44-,45+,49?,53+,54+/m1/s1. The maximum atomic E-state index is 14.3. The van der Waals surface area contributed by atoms with E-state index >= 15 is 0 Å². The summed E-state index contributed by atoms with van der Waals surface area (Å²) in [6.07, 6.45) is 4.61. The molecule has 0 aliphatic carbocycles. The predicted octanol–water partition coefficient (Wildman–Crippen LogP) is 6.05. The SMILES string of the molecule is COc1cc2cc(c1Cl)N(C)C(=O)C[C@H](OC(=O)[C@@H](C)N(C)C(=O)CCOCCOCCOCCNC(=O)c1ccc3nc(CSC)c(CSC)nc3c1)[C@]1(C)OC1[C@H](C)[C@@H]1C[C@@](O)(NC(=O)O1)[C@H](OC)/C=C/C=C(\C)C2. The van der Waals surface area contributed by atoms with Crippen LogP contribution in [0.25, 0.3) is 11.0 Å². The summed E-state index contributed by atoms with van der Waals surface area (Å²) < 4.78 is 46.3. The van der Waals surface area contributed by atoms with E-state index in [0.717, 1.165) is 39.5 Å². The third-order valence-corrected chi connectivity index (χ3v) is 15.4. The van der Waals surface area contributed by atoms with Crippen LogP contribution >= 0.6 is 35.1 Å². The highest BCUT2D eigenvalue weighted by Gasteiger charge is 2.64. The average Bonchev–Trinajstić information content (AvgIpc) is 4.16. The number of epoxide rings is 1. The number of halogens is 1. The Labute approximate surface area is 463 Å². The summed E-state index contributed by atoms with van der Waals surface area (Å²) in [6.45, 7) is 8.62. The predicted molar refractivity (Wildman–Crippen MR) is 294 cm³/mol. The maximum Gasteiger partial charge on any atom is 0.409 e. The van der Waals surface area contributed by atoms with Crippen LogP contribution in [0.1, 0.15) is 74.3 Å². The number of benzene rings is 2. The number of methoxy groups -OCH3 is 2. The van der Waals surface area contributed by atoms with Crippen LogP contribution < -0.4 is 20.3 Å². The topological polar surface area (TPSA) is 239 Å². The minimum Gasteiger partial charge on any atom is -0.495 e. The Balaban J connectivity index is 0.983. The normalized spacial score (nSPS) is 25.1. The Hall–Kier alpha value is -5.04. The van der Waals surface area contributed by atoms with Crippen LogP contribution in [0, 0.1) is 5.92 Å². The molecule has 4 bridgehead atoms. The van der Waals surface area contributed by atoms with Crippen LogP contribution in [0.2, 0.25) is 5.02 Å². The first-order valence-corrected chi connectivity index (χ1v) is 28.6. The Kier molecular flexibility index (Phi) is 22.4. The quantitative estimate of drug-likeness (QED) is 0.0589. The average molecular weight is 1130 g/mol. The number of anilines is 1. The molecule has 23 heteroatoms. The zero-order chi connectivity index (χ0) is 56.0. The molecule has 0 radical (unpaired) electrons. The number of esters is 1. The van der Waals surface area contributed by atoms with Gasteiger partial charge in [0, 0.05) is 57.2 Å². The highest BCUT2D eigenvalue weighted by Crippen LogP contribution is 2.49. The molecule has 3 aliphatic rings. The first-order chi connectivity index (χ1) is 36.8. The number of thioether (sulfide) groups is 2. The minimum absolute atomic E-state index is 0.0412. The number of hydrogen-bond donors (Lipinski definition) is 3. The van der Waals surface area contributed by atoms with Crippen LogP contribution in [0.15, 0.2) is 54.1 Å². The van der Waals surface area contributed by atoms with E-state index in [1.54, 1.807) is 80.8 Å². The van der Waals surface area contributed by atoms with Crippen LogP contribution in [0.5, 0.6) is 5.75 Å². The molecule has 422 valence electrons. The van der Waals surface area contributed by atoms with Crippen molar-refractivity contribution in [3.63, 3.8) is 0 Å². The monoisotopic (exact) mass is 1130 g/mol. The number of amides is 4. The van der Waals surface area contributed by atoms with E-state index in [1.165, 1.54) is 38.0 Å². The van der Waals surface area contributed by atoms with Gasteiger partial charge in [-0.15, -0.1) is 0 Å². The van der Waals surface area contributed by atoms with E-state index in [1.807, 2.05) is 31.6 Å². The van der Waals surface area contributed by atoms with Crippen molar-refractivity contribution in [1.29, 1.82) is 0 Å². The lowest BCUT2D eigenvalue weighted by atomic mass is 9.83. The van der Waals surface area contributed by atoms with Gasteiger partial charge < -0.3 is 58.1 Å². The van der Waals surface area contributed by atoms with Crippen molar-refractivity contribution >= 4 is 81.6 Å². The van der Waals surface area contributed by atoms with E-state index in [-0.39, 0.29) is 62.5 Å². The number of likely N-dealkylation sites (N-methyl/N-ethyl adjacent to an activating group) is 1. The number of nitrogens with one attached hydrogen (secondary N) is 2. The fourth-order valence-electron chi connectivity index (χ4n) is 9.21. The van der Waals surface area contributed by atoms with Crippen molar-refractivity contribution in [2.45, 2.75) is 107 Å². The molecule has 3 aliphatic heterocycles. The highest BCUT2D eigenvalue weighted by atomic mass is 35.5. The van der Waals surface area contributed by atoms with Gasteiger partial charge in [0.05, 0.1) is 93.8 Å². The molecular formula is C54H73ClN6O14S2. The number of fused-ring (bicyclic) bond motifs is 6. The summed E-state index contributed by atoms with van der Waals surface area (Å²) >= 11 is 10.2. The number of carbonyl (C=O) groups excluding carboxylic acids is 5. The van der Waals surface area contributed by atoms with Gasteiger partial charge in [0.15, 0.2) is 5.72 Å². The number of aliphatic hydroxyl groups is 1. The Morgan fingerprint density at radius 2 is 1.66 bits per heavy atom. The molecule has 6 rings (SSSR count). The smallest absolute Gasteiger partial charge is 0.409 e. The van der Waals surface area contributed by atoms with Gasteiger partial charge in [-0.2, -0.15) is 23.5 Å². The highest BCUT2D eigenvalue weighted by molar-refractivity contribution is 7.98. The van der Waals surface area contributed by atoms with Gasteiger partial charge in [0.25, 0.3) is 5.91 Å². The summed E-state index contributed by atoms with van der Waals surface area (Å²) in [6, 6.07) is 7.80. The molecule has 2 saturated heterocycles. The van der Waals surface area contributed by atoms with E-state index in [9.17, 15) is 29.1 Å². The zero-order valence-corrected chi connectivity index (χ0v) is 47.9. The number of alkyl carbamates (subject to hydrolysis) is 1. The first-order valence-electron chi connectivity index (χ1n) is 25.4. The Morgan fingerprint density at radius 1 is 1.00 bits per heavy atom. The van der Waals surface area contributed by atoms with E-state index < -0.39 is 65.7 Å². The van der Waals surface area contributed by atoms with Crippen molar-refractivity contribution in [2.75, 3.05) is 91.9 Å². The number of carbonyl (C=O) groups is 5. The van der Waals surface area contributed by atoms with Gasteiger partial charge >= 0.3 is 12.1 Å². The molecule has 8 atom stereocenters. The van der Waals surface area contributed by atoms with Crippen molar-refractivity contribution in [2.24, 2.45) is 5.92 Å². The van der Waals surface area contributed by atoms with Gasteiger partial charge in [0.1, 0.15) is 40.7 Å².